The summed E-state index contributed by atoms with van der Waals surface area (Å²) in [6, 6.07) is 9.36. The van der Waals surface area contributed by atoms with E-state index in [9.17, 15) is 4.79 Å². The van der Waals surface area contributed by atoms with E-state index in [2.05, 4.69) is 15.8 Å². The molecule has 0 saturated heterocycles. The van der Waals surface area contributed by atoms with Crippen molar-refractivity contribution in [2.75, 3.05) is 7.05 Å². The van der Waals surface area contributed by atoms with Gasteiger partial charge in [0.05, 0.1) is 0 Å². The summed E-state index contributed by atoms with van der Waals surface area (Å²) >= 11 is 0. The first-order valence-electron chi connectivity index (χ1n) is 4.79. The van der Waals surface area contributed by atoms with E-state index < -0.39 is 0 Å². The van der Waals surface area contributed by atoms with E-state index >= 15 is 0 Å². The van der Waals surface area contributed by atoms with Gasteiger partial charge in [0.25, 0.3) is 5.91 Å². The van der Waals surface area contributed by atoms with Crippen LogP contribution in [0.15, 0.2) is 41.1 Å². The van der Waals surface area contributed by atoms with Crippen LogP contribution in [0.1, 0.15) is 10.5 Å². The topological polar surface area (TPSA) is 67.2 Å². The Bertz CT molecular complexity index is 479. The van der Waals surface area contributed by atoms with Gasteiger partial charge in [-0.1, -0.05) is 30.3 Å². The van der Waals surface area contributed by atoms with Crippen LogP contribution in [0.5, 0.6) is 0 Å². The molecule has 0 atom stereocenters. The van der Waals surface area contributed by atoms with E-state index in [-0.39, 0.29) is 11.6 Å². The molecule has 1 aromatic heterocycles. The number of carbonyl (C=O) groups excluding carboxylic acids is 1. The van der Waals surface area contributed by atoms with Crippen LogP contribution in [0, 0.1) is 0 Å². The fourth-order valence-corrected chi connectivity index (χ4v) is 1.37. The Morgan fingerprint density at radius 3 is 2.75 bits per heavy atom. The maximum Gasteiger partial charge on any atom is 0.287 e. The molecule has 0 saturated carbocycles. The third-order valence-electron chi connectivity index (χ3n) is 2.06. The van der Waals surface area contributed by atoms with Gasteiger partial charge in [0.1, 0.15) is 0 Å². The van der Waals surface area contributed by atoms with Crippen LogP contribution < -0.4 is 10.9 Å². The average molecular weight is 217 g/mol. The Balaban J connectivity index is 2.37. The van der Waals surface area contributed by atoms with E-state index in [1.165, 1.54) is 6.39 Å². The second kappa shape index (κ2) is 4.59. The Kier molecular flexibility index (Phi) is 2.98. The lowest BCUT2D eigenvalue weighted by Crippen LogP contribution is -2.34. The van der Waals surface area contributed by atoms with Gasteiger partial charge in [0.2, 0.25) is 0 Å². The highest BCUT2D eigenvalue weighted by Gasteiger charge is 2.17. The van der Waals surface area contributed by atoms with Gasteiger partial charge in [-0.25, -0.2) is 10.4 Å². The monoisotopic (exact) mass is 217 g/mol. The number of carbonyl (C=O) groups is 1. The predicted molar refractivity (Wildman–Crippen MR) is 58.5 cm³/mol. The summed E-state index contributed by atoms with van der Waals surface area (Å²) in [4.78, 5) is 15.5. The summed E-state index contributed by atoms with van der Waals surface area (Å²) in [6.07, 6.45) is 1.26. The number of hydrogen-bond donors (Lipinski definition) is 2. The number of hydrogen-bond acceptors (Lipinski definition) is 4. The van der Waals surface area contributed by atoms with Crippen LogP contribution in [0.3, 0.4) is 0 Å². The SMILES string of the molecule is CNNC(=O)c1ncoc1-c1ccccc1. The zero-order chi connectivity index (χ0) is 11.4. The highest BCUT2D eigenvalue weighted by atomic mass is 16.3. The fraction of sp³-hybridized carbons (Fsp3) is 0.0909. The quantitative estimate of drug-likeness (QED) is 0.758. The zero-order valence-electron chi connectivity index (χ0n) is 8.73. The number of nitrogens with zero attached hydrogens (tertiary/aromatic N) is 1. The summed E-state index contributed by atoms with van der Waals surface area (Å²) in [5.74, 6) is 0.142. The van der Waals surface area contributed by atoms with Crippen LogP contribution in [-0.4, -0.2) is 17.9 Å². The molecule has 2 rings (SSSR count). The first kappa shape index (κ1) is 10.4. The summed E-state index contributed by atoms with van der Waals surface area (Å²) in [5.41, 5.74) is 6.08. The van der Waals surface area contributed by atoms with Gasteiger partial charge in [0.15, 0.2) is 17.8 Å². The van der Waals surface area contributed by atoms with Crippen molar-refractivity contribution in [3.05, 3.63) is 42.4 Å². The number of nitrogens with one attached hydrogen (secondary N) is 2. The Labute approximate surface area is 92.5 Å². The van der Waals surface area contributed by atoms with Crippen molar-refractivity contribution in [2.24, 2.45) is 0 Å². The molecule has 0 spiro atoms. The van der Waals surface area contributed by atoms with E-state index in [1.54, 1.807) is 7.05 Å². The second-order valence-corrected chi connectivity index (χ2v) is 3.10. The highest BCUT2D eigenvalue weighted by Crippen LogP contribution is 2.22. The van der Waals surface area contributed by atoms with E-state index in [4.69, 9.17) is 4.42 Å². The first-order chi connectivity index (χ1) is 7.83. The molecule has 1 amide bonds. The van der Waals surface area contributed by atoms with E-state index in [0.29, 0.717) is 5.76 Å². The maximum atomic E-state index is 11.6. The number of amides is 1. The van der Waals surface area contributed by atoms with Gasteiger partial charge in [-0.2, -0.15) is 0 Å². The summed E-state index contributed by atoms with van der Waals surface area (Å²) < 4.78 is 5.22. The van der Waals surface area contributed by atoms with Crippen LogP contribution in [0.2, 0.25) is 0 Å². The van der Waals surface area contributed by atoms with Crippen molar-refractivity contribution in [1.82, 2.24) is 15.8 Å². The molecule has 1 aromatic carbocycles. The van der Waals surface area contributed by atoms with Gasteiger partial charge in [-0.15, -0.1) is 0 Å². The van der Waals surface area contributed by atoms with Crippen LogP contribution in [0.4, 0.5) is 0 Å². The molecule has 0 bridgehead atoms. The Hall–Kier alpha value is -2.14. The summed E-state index contributed by atoms with van der Waals surface area (Å²) in [6.45, 7) is 0. The second-order valence-electron chi connectivity index (χ2n) is 3.10. The van der Waals surface area contributed by atoms with Crippen LogP contribution in [0.25, 0.3) is 11.3 Å². The molecule has 0 fully saturated rings. The van der Waals surface area contributed by atoms with Gasteiger partial charge < -0.3 is 4.42 Å². The minimum Gasteiger partial charge on any atom is -0.443 e. The summed E-state index contributed by atoms with van der Waals surface area (Å²) in [5, 5.41) is 0. The van der Waals surface area contributed by atoms with Crippen LogP contribution in [-0.2, 0) is 0 Å². The molecule has 5 nitrogen and oxygen atoms in total. The molecule has 0 aliphatic heterocycles. The molecular weight excluding hydrogens is 206 g/mol. The van der Waals surface area contributed by atoms with Gasteiger partial charge in [0, 0.05) is 12.6 Å². The third-order valence-corrected chi connectivity index (χ3v) is 2.06. The minimum atomic E-state index is -0.324. The van der Waals surface area contributed by atoms with Crippen molar-refractivity contribution in [3.8, 4) is 11.3 Å². The standard InChI is InChI=1S/C11H11N3O2/c1-12-14-11(15)9-10(16-7-13-9)8-5-3-2-4-6-8/h2-7,12H,1H3,(H,14,15). The van der Waals surface area contributed by atoms with Crippen LogP contribution >= 0.6 is 0 Å². The van der Waals surface area contributed by atoms with Gasteiger partial charge in [-0.3, -0.25) is 10.2 Å². The lowest BCUT2D eigenvalue weighted by molar-refractivity contribution is 0.0934. The molecule has 82 valence electrons. The summed E-state index contributed by atoms with van der Waals surface area (Å²) in [7, 11) is 1.61. The van der Waals surface area contributed by atoms with E-state index in [1.807, 2.05) is 30.3 Å². The molecular formula is C11H11N3O2. The molecule has 5 heteroatoms. The third kappa shape index (κ3) is 1.94. The molecule has 0 unspecified atom stereocenters. The molecule has 2 aromatic rings. The molecule has 1 heterocycles. The largest absolute Gasteiger partial charge is 0.443 e. The lowest BCUT2D eigenvalue weighted by Gasteiger charge is -2.01. The highest BCUT2D eigenvalue weighted by molar-refractivity contribution is 5.97. The van der Waals surface area contributed by atoms with Crippen molar-refractivity contribution in [1.29, 1.82) is 0 Å². The number of oxazole rings is 1. The number of rotatable bonds is 3. The van der Waals surface area contributed by atoms with Gasteiger partial charge >= 0.3 is 0 Å². The van der Waals surface area contributed by atoms with Crippen molar-refractivity contribution in [2.45, 2.75) is 0 Å². The number of aromatic nitrogens is 1. The van der Waals surface area contributed by atoms with Crippen molar-refractivity contribution in [3.63, 3.8) is 0 Å². The lowest BCUT2D eigenvalue weighted by atomic mass is 10.1. The molecule has 2 N–H and O–H groups in total. The smallest absolute Gasteiger partial charge is 0.287 e. The van der Waals surface area contributed by atoms with Crippen molar-refractivity contribution >= 4 is 5.91 Å². The molecule has 0 aliphatic rings. The Morgan fingerprint density at radius 1 is 1.31 bits per heavy atom. The molecule has 0 aliphatic carbocycles. The normalized spacial score (nSPS) is 10.1. The maximum absolute atomic E-state index is 11.6. The first-order valence-corrected chi connectivity index (χ1v) is 4.79. The van der Waals surface area contributed by atoms with E-state index in [0.717, 1.165) is 5.56 Å². The van der Waals surface area contributed by atoms with Crippen molar-refractivity contribution < 1.29 is 9.21 Å². The number of benzene rings is 1. The Morgan fingerprint density at radius 2 is 2.06 bits per heavy atom. The fourth-order valence-electron chi connectivity index (χ4n) is 1.37. The predicted octanol–water partition coefficient (Wildman–Crippen LogP) is 1.21. The van der Waals surface area contributed by atoms with Gasteiger partial charge in [-0.05, 0) is 0 Å². The average Bonchev–Trinajstić information content (AvgIpc) is 2.79. The number of hydrazine groups is 1. The zero-order valence-corrected chi connectivity index (χ0v) is 8.73. The molecule has 0 radical (unpaired) electrons. The molecule has 16 heavy (non-hydrogen) atoms. The minimum absolute atomic E-state index is 0.264.